The van der Waals surface area contributed by atoms with Crippen molar-refractivity contribution < 1.29 is 5.21 Å². The van der Waals surface area contributed by atoms with Crippen LogP contribution in [0.2, 0.25) is 0 Å². The van der Waals surface area contributed by atoms with Crippen molar-refractivity contribution in [3.8, 4) is 17.1 Å². The third kappa shape index (κ3) is 3.40. The molecule has 0 aliphatic rings. The van der Waals surface area contributed by atoms with Gasteiger partial charge in [0.2, 0.25) is 0 Å². The van der Waals surface area contributed by atoms with Crippen molar-refractivity contribution >= 4 is 22.2 Å². The van der Waals surface area contributed by atoms with Crippen LogP contribution in [0.5, 0.6) is 0 Å². The maximum absolute atomic E-state index is 9.08. The third-order valence-electron chi connectivity index (χ3n) is 4.80. The van der Waals surface area contributed by atoms with Crippen LogP contribution in [0.3, 0.4) is 0 Å². The summed E-state index contributed by atoms with van der Waals surface area (Å²) in [6.45, 7) is 9.79. The average Bonchev–Trinajstić information content (AvgIpc) is 3.16. The quantitative estimate of drug-likeness (QED) is 0.305. The van der Waals surface area contributed by atoms with E-state index in [4.69, 9.17) is 5.21 Å². The van der Waals surface area contributed by atoms with Crippen molar-refractivity contribution in [2.24, 2.45) is 5.16 Å². The first-order valence-corrected chi connectivity index (χ1v) is 9.26. The Bertz CT molecular complexity index is 1270. The summed E-state index contributed by atoms with van der Waals surface area (Å²) in [7, 11) is 0. The minimum absolute atomic E-state index is 0.460. The number of aromatic nitrogens is 4. The molecule has 3 aromatic heterocycles. The van der Waals surface area contributed by atoms with E-state index in [9.17, 15) is 0 Å². The molecule has 144 valence electrons. The molecule has 0 radical (unpaired) electrons. The minimum atomic E-state index is 0.460. The molecule has 6 nitrogen and oxygen atoms in total. The van der Waals surface area contributed by atoms with Crippen molar-refractivity contribution in [3.63, 3.8) is 0 Å². The molecule has 6 heteroatoms. The molecule has 0 saturated carbocycles. The summed E-state index contributed by atoms with van der Waals surface area (Å²) in [4.78, 5) is 9.27. The van der Waals surface area contributed by atoms with Crippen LogP contribution in [0.15, 0.2) is 66.5 Å². The van der Waals surface area contributed by atoms with Gasteiger partial charge in [-0.15, -0.1) is 0 Å². The number of oxime groups is 1. The number of pyridine rings is 2. The fraction of sp³-hybridized carbons (Fsp3) is 0.130. The molecule has 0 atom stereocenters. The van der Waals surface area contributed by atoms with E-state index in [1.165, 1.54) is 0 Å². The fourth-order valence-electron chi connectivity index (χ4n) is 3.30. The molecule has 4 aromatic rings. The number of hydrogen-bond acceptors (Lipinski definition) is 5. The van der Waals surface area contributed by atoms with E-state index in [-0.39, 0.29) is 0 Å². The Balaban J connectivity index is 1.97. The Labute approximate surface area is 168 Å². The number of nitrogens with zero attached hydrogens (tertiary/aromatic N) is 5. The molecule has 0 unspecified atom stereocenters. The van der Waals surface area contributed by atoms with E-state index >= 15 is 0 Å². The van der Waals surface area contributed by atoms with Gasteiger partial charge in [-0.3, -0.25) is 0 Å². The second-order valence-electron chi connectivity index (χ2n) is 7.02. The van der Waals surface area contributed by atoms with E-state index in [1.807, 2.05) is 61.1 Å². The van der Waals surface area contributed by atoms with Crippen LogP contribution in [0.4, 0.5) is 0 Å². The van der Waals surface area contributed by atoms with Gasteiger partial charge in [-0.1, -0.05) is 29.4 Å². The summed E-state index contributed by atoms with van der Waals surface area (Å²) in [5.41, 5.74) is 6.60. The molecule has 1 N–H and O–H groups in total. The predicted octanol–water partition coefficient (Wildman–Crippen LogP) is 5.02. The number of allylic oxidation sites excluding steroid dienone is 1. The molecule has 0 bridgehead atoms. The van der Waals surface area contributed by atoms with E-state index in [2.05, 4.69) is 38.9 Å². The maximum atomic E-state index is 9.08. The van der Waals surface area contributed by atoms with Crippen LogP contribution < -0.4 is 0 Å². The topological polar surface area (TPSA) is 76.2 Å². The predicted molar refractivity (Wildman–Crippen MR) is 116 cm³/mol. The fourth-order valence-corrected chi connectivity index (χ4v) is 3.30. The van der Waals surface area contributed by atoms with Gasteiger partial charge in [0.15, 0.2) is 5.82 Å². The minimum Gasteiger partial charge on any atom is -0.411 e. The Kier molecular flexibility index (Phi) is 4.68. The van der Waals surface area contributed by atoms with E-state index in [1.54, 1.807) is 6.92 Å². The normalized spacial score (nSPS) is 11.8. The maximum Gasteiger partial charge on any atom is 0.154 e. The smallest absolute Gasteiger partial charge is 0.154 e. The van der Waals surface area contributed by atoms with Gasteiger partial charge in [-0.2, -0.15) is 5.10 Å². The van der Waals surface area contributed by atoms with Crippen molar-refractivity contribution in [2.45, 2.75) is 20.8 Å². The SMILES string of the molecule is C=C(C)c1cc(-c2cccc(/C(C)=N\O)n2)cc2c1cnn2-c1cccc(C)n1. The lowest BCUT2D eigenvalue weighted by molar-refractivity contribution is 0.319. The highest BCUT2D eigenvalue weighted by Crippen LogP contribution is 2.31. The van der Waals surface area contributed by atoms with Gasteiger partial charge in [0.05, 0.1) is 23.1 Å². The van der Waals surface area contributed by atoms with Crippen molar-refractivity contribution in [1.82, 2.24) is 19.7 Å². The molecule has 0 spiro atoms. The standard InChI is InChI=1S/C23H21N5O/c1-14(2)18-11-17(21-9-6-8-20(26-21)16(4)27-29)12-22-19(18)13-24-28(22)23-10-5-7-15(3)25-23/h5-13,29H,1H2,2-4H3/b27-16-. The second-order valence-corrected chi connectivity index (χ2v) is 7.02. The Morgan fingerprint density at radius 1 is 1.07 bits per heavy atom. The molecule has 0 amide bonds. The van der Waals surface area contributed by atoms with Crippen molar-refractivity contribution in [2.75, 3.05) is 0 Å². The van der Waals surface area contributed by atoms with Crippen molar-refractivity contribution in [1.29, 1.82) is 0 Å². The highest BCUT2D eigenvalue weighted by atomic mass is 16.4. The molecule has 0 fully saturated rings. The van der Waals surface area contributed by atoms with Crippen LogP contribution in [0.1, 0.15) is 30.8 Å². The van der Waals surface area contributed by atoms with Crippen LogP contribution in [-0.2, 0) is 0 Å². The molecule has 0 aliphatic carbocycles. The highest BCUT2D eigenvalue weighted by molar-refractivity contribution is 5.98. The zero-order valence-corrected chi connectivity index (χ0v) is 16.6. The summed E-state index contributed by atoms with van der Waals surface area (Å²) >= 11 is 0. The summed E-state index contributed by atoms with van der Waals surface area (Å²) < 4.78 is 1.84. The number of hydrogen-bond donors (Lipinski definition) is 1. The van der Waals surface area contributed by atoms with Gasteiger partial charge in [0, 0.05) is 16.6 Å². The molecule has 0 saturated heterocycles. The summed E-state index contributed by atoms with van der Waals surface area (Å²) in [6.07, 6.45) is 1.85. The second kappa shape index (κ2) is 7.31. The molecule has 0 aliphatic heterocycles. The largest absolute Gasteiger partial charge is 0.411 e. The van der Waals surface area contributed by atoms with Gasteiger partial charge in [-0.05, 0) is 62.7 Å². The number of aryl methyl sites for hydroxylation is 1. The lowest BCUT2D eigenvalue weighted by Crippen LogP contribution is -2.01. The molecular weight excluding hydrogens is 362 g/mol. The summed E-state index contributed by atoms with van der Waals surface area (Å²) in [6, 6.07) is 15.6. The Morgan fingerprint density at radius 2 is 1.86 bits per heavy atom. The summed E-state index contributed by atoms with van der Waals surface area (Å²) in [5.74, 6) is 0.759. The zero-order valence-electron chi connectivity index (χ0n) is 16.6. The molecule has 1 aromatic carbocycles. The van der Waals surface area contributed by atoms with Crippen LogP contribution >= 0.6 is 0 Å². The van der Waals surface area contributed by atoms with Gasteiger partial charge in [0.1, 0.15) is 5.71 Å². The first-order valence-electron chi connectivity index (χ1n) is 9.26. The third-order valence-corrected chi connectivity index (χ3v) is 4.80. The number of benzene rings is 1. The van der Waals surface area contributed by atoms with Gasteiger partial charge in [-0.25, -0.2) is 14.6 Å². The lowest BCUT2D eigenvalue weighted by atomic mass is 9.99. The molecular formula is C23H21N5O. The van der Waals surface area contributed by atoms with E-state index in [0.717, 1.165) is 44.8 Å². The molecule has 3 heterocycles. The van der Waals surface area contributed by atoms with Crippen LogP contribution in [-0.4, -0.2) is 30.7 Å². The lowest BCUT2D eigenvalue weighted by Gasteiger charge is -2.10. The highest BCUT2D eigenvalue weighted by Gasteiger charge is 2.14. The van der Waals surface area contributed by atoms with Gasteiger partial charge < -0.3 is 5.21 Å². The van der Waals surface area contributed by atoms with Crippen LogP contribution in [0, 0.1) is 6.92 Å². The Morgan fingerprint density at radius 3 is 2.59 bits per heavy atom. The van der Waals surface area contributed by atoms with Crippen LogP contribution in [0.25, 0.3) is 33.6 Å². The number of fused-ring (bicyclic) bond motifs is 1. The zero-order chi connectivity index (χ0) is 20.5. The van der Waals surface area contributed by atoms with Gasteiger partial charge in [0.25, 0.3) is 0 Å². The molecule has 4 rings (SSSR count). The van der Waals surface area contributed by atoms with Crippen molar-refractivity contribution in [3.05, 3.63) is 78.3 Å². The average molecular weight is 383 g/mol. The Hall–Kier alpha value is -3.80. The first kappa shape index (κ1) is 18.6. The monoisotopic (exact) mass is 383 g/mol. The van der Waals surface area contributed by atoms with Gasteiger partial charge >= 0.3 is 0 Å². The first-order chi connectivity index (χ1) is 14.0. The van der Waals surface area contributed by atoms with E-state index in [0.29, 0.717) is 11.4 Å². The number of rotatable bonds is 4. The molecule has 29 heavy (non-hydrogen) atoms. The summed E-state index contributed by atoms with van der Waals surface area (Å²) in [5, 5.41) is 17.9. The van der Waals surface area contributed by atoms with E-state index < -0.39 is 0 Å².